The second-order valence-corrected chi connectivity index (χ2v) is 19.8. The second-order valence-electron chi connectivity index (χ2n) is 19.8. The highest BCUT2D eigenvalue weighted by molar-refractivity contribution is 6.39. The van der Waals surface area contributed by atoms with Gasteiger partial charge in [-0.05, 0) is 107 Å². The topological polar surface area (TPSA) is 184 Å². The quantitative estimate of drug-likeness (QED) is 0.154. The third-order valence-electron chi connectivity index (χ3n) is 14.7. The smallest absolute Gasteiger partial charge is 0.329 e. The van der Waals surface area contributed by atoms with Crippen molar-refractivity contribution in [2.75, 3.05) is 35.0 Å². The monoisotopic (exact) mass is 928 g/mol. The number of esters is 1. The number of rotatable bonds is 7. The summed E-state index contributed by atoms with van der Waals surface area (Å²) in [5.41, 5.74) is 1.29. The molecule has 1 aliphatic carbocycles. The number of methoxy groups -OCH3 is 4. The molecule has 15 atom stereocenters. The molecule has 4 rings (SSSR count). The first-order valence-electron chi connectivity index (χ1n) is 24.3. The minimum absolute atomic E-state index is 0.0287. The highest BCUT2D eigenvalue weighted by atomic mass is 16.6. The van der Waals surface area contributed by atoms with Crippen molar-refractivity contribution >= 4 is 29.2 Å². The number of ketones is 3. The van der Waals surface area contributed by atoms with Gasteiger partial charge < -0.3 is 43.5 Å². The van der Waals surface area contributed by atoms with Crippen molar-refractivity contribution in [3.05, 3.63) is 47.6 Å². The number of allylic oxidation sites excluding steroid dienone is 6. The van der Waals surface area contributed by atoms with Crippen molar-refractivity contribution in [1.29, 1.82) is 0 Å². The standard InChI is InChI=1S/C52H81NO13/c1-31-17-13-12-14-18-32(2)41(54)29-39-22-20-37(7)52(60,66-39)49(57)50(58)53-24-16-15-19-40(53)51(59)65-44(34(4)27-38-21-23-43(61-8)45(28-38)62-9)30-42(55)33(3)26-36(6)47(63-10)48(64-11)46(56)35(5)25-31/h12-14,17-18,26,31,33-35,37-41,43-45,47-48,54,60H,15-16,19-25,27-30H2,1-11H3/b14-12+,17-13+,32-18+,36-26+/t31?,33?,34?,35-,37-,38?,39?,40+,41?,43?,44?,45?,47?,48?,52?/m1/s1. The number of amides is 1. The molecular formula is C52H81NO13. The Bertz CT molecular complexity index is 1770. The molecule has 0 aromatic carbocycles. The van der Waals surface area contributed by atoms with Gasteiger partial charge in [-0.3, -0.25) is 19.2 Å². The van der Waals surface area contributed by atoms with Gasteiger partial charge in [-0.1, -0.05) is 71.1 Å². The molecule has 12 unspecified atom stereocenters. The van der Waals surface area contributed by atoms with Crippen LogP contribution in [0, 0.1) is 35.5 Å². The van der Waals surface area contributed by atoms with Crippen molar-refractivity contribution in [2.24, 2.45) is 35.5 Å². The molecule has 0 radical (unpaired) electrons. The van der Waals surface area contributed by atoms with Crippen molar-refractivity contribution in [3.63, 3.8) is 0 Å². The maximum atomic E-state index is 14.4. The maximum Gasteiger partial charge on any atom is 0.329 e. The lowest BCUT2D eigenvalue weighted by atomic mass is 9.78. The summed E-state index contributed by atoms with van der Waals surface area (Å²) in [5.74, 6) is -7.49. The first-order valence-corrected chi connectivity index (χ1v) is 24.3. The number of carbonyl (C=O) groups is 5. The number of aliphatic hydroxyl groups is 2. The van der Waals surface area contributed by atoms with Crippen LogP contribution in [-0.4, -0.2) is 134 Å². The summed E-state index contributed by atoms with van der Waals surface area (Å²) in [7, 11) is 6.33. The molecule has 0 aromatic heterocycles. The molecule has 0 spiro atoms. The zero-order chi connectivity index (χ0) is 48.9. The number of aliphatic hydroxyl groups excluding tert-OH is 1. The van der Waals surface area contributed by atoms with Gasteiger partial charge in [0.1, 0.15) is 30.1 Å². The average Bonchev–Trinajstić information content (AvgIpc) is 3.29. The van der Waals surface area contributed by atoms with Gasteiger partial charge in [0.25, 0.3) is 11.7 Å². The number of cyclic esters (lactones) is 1. The fourth-order valence-corrected chi connectivity index (χ4v) is 10.4. The van der Waals surface area contributed by atoms with Crippen LogP contribution < -0.4 is 0 Å². The zero-order valence-corrected chi connectivity index (χ0v) is 41.6. The van der Waals surface area contributed by atoms with Crippen LogP contribution in [0.25, 0.3) is 0 Å². The van der Waals surface area contributed by atoms with Crippen LogP contribution in [0.15, 0.2) is 47.6 Å². The molecule has 66 heavy (non-hydrogen) atoms. The van der Waals surface area contributed by atoms with Gasteiger partial charge in [-0.2, -0.15) is 0 Å². The van der Waals surface area contributed by atoms with Crippen molar-refractivity contribution in [2.45, 2.75) is 180 Å². The number of Topliss-reactive ketones (excluding diaryl/α,β-unsaturated/α-hetero) is 3. The Hall–Kier alpha value is -3.37. The van der Waals surface area contributed by atoms with Crippen LogP contribution in [0.1, 0.15) is 126 Å². The predicted molar refractivity (Wildman–Crippen MR) is 250 cm³/mol. The van der Waals surface area contributed by atoms with Gasteiger partial charge in [-0.25, -0.2) is 4.79 Å². The van der Waals surface area contributed by atoms with E-state index >= 15 is 0 Å². The van der Waals surface area contributed by atoms with E-state index in [4.69, 9.17) is 28.4 Å². The van der Waals surface area contributed by atoms with Gasteiger partial charge in [-0.15, -0.1) is 0 Å². The van der Waals surface area contributed by atoms with Crippen LogP contribution >= 0.6 is 0 Å². The summed E-state index contributed by atoms with van der Waals surface area (Å²) in [6.07, 6.45) is 12.5. The molecule has 14 heteroatoms. The Morgan fingerprint density at radius 2 is 1.50 bits per heavy atom. The molecule has 3 aliphatic heterocycles. The molecule has 4 aliphatic rings. The van der Waals surface area contributed by atoms with E-state index in [1.807, 2.05) is 45.9 Å². The van der Waals surface area contributed by atoms with Crippen LogP contribution in [0.2, 0.25) is 0 Å². The van der Waals surface area contributed by atoms with Crippen molar-refractivity contribution in [1.82, 2.24) is 4.90 Å². The van der Waals surface area contributed by atoms with Gasteiger partial charge >= 0.3 is 5.97 Å². The first-order chi connectivity index (χ1) is 31.3. The molecule has 2 N–H and O–H groups in total. The minimum Gasteiger partial charge on any atom is -0.460 e. The summed E-state index contributed by atoms with van der Waals surface area (Å²) in [4.78, 5) is 72.2. The van der Waals surface area contributed by atoms with E-state index in [2.05, 4.69) is 0 Å². The minimum atomic E-state index is -2.47. The number of carbonyl (C=O) groups excluding carboxylic acids is 5. The van der Waals surface area contributed by atoms with E-state index in [-0.39, 0.29) is 73.3 Å². The van der Waals surface area contributed by atoms with Gasteiger partial charge in [0, 0.05) is 65.6 Å². The Morgan fingerprint density at radius 3 is 2.17 bits per heavy atom. The number of piperidine rings is 1. The molecule has 372 valence electrons. The van der Waals surface area contributed by atoms with Crippen LogP contribution in [0.4, 0.5) is 0 Å². The van der Waals surface area contributed by atoms with Crippen molar-refractivity contribution in [3.8, 4) is 0 Å². The van der Waals surface area contributed by atoms with Crippen LogP contribution in [0.3, 0.4) is 0 Å². The van der Waals surface area contributed by atoms with E-state index in [1.165, 1.54) is 19.1 Å². The highest BCUT2D eigenvalue weighted by Gasteiger charge is 2.53. The van der Waals surface area contributed by atoms with E-state index in [1.54, 1.807) is 53.2 Å². The van der Waals surface area contributed by atoms with E-state index in [0.717, 1.165) is 19.3 Å². The Kier molecular flexibility index (Phi) is 21.6. The lowest BCUT2D eigenvalue weighted by molar-refractivity contribution is -0.265. The molecule has 3 fully saturated rings. The van der Waals surface area contributed by atoms with Crippen molar-refractivity contribution < 1.29 is 62.6 Å². The molecule has 1 amide bonds. The number of fused-ring (bicyclic) bond motifs is 3. The van der Waals surface area contributed by atoms with Gasteiger partial charge in [0.05, 0.1) is 24.4 Å². The van der Waals surface area contributed by atoms with Gasteiger partial charge in [0.2, 0.25) is 5.79 Å². The predicted octanol–water partition coefficient (Wildman–Crippen LogP) is 6.83. The summed E-state index contributed by atoms with van der Waals surface area (Å²) < 4.78 is 35.5. The number of hydrogen-bond donors (Lipinski definition) is 2. The third-order valence-corrected chi connectivity index (χ3v) is 14.7. The maximum absolute atomic E-state index is 14.4. The normalized spacial score (nSPS) is 40.0. The Balaban J connectivity index is 1.71. The number of nitrogens with zero attached hydrogens (tertiary/aromatic N) is 1. The summed E-state index contributed by atoms with van der Waals surface area (Å²) >= 11 is 0. The summed E-state index contributed by atoms with van der Waals surface area (Å²) in [5, 5.41) is 23.0. The molecular weight excluding hydrogens is 847 g/mol. The second kappa shape index (κ2) is 25.8. The molecule has 0 aromatic rings. The lowest BCUT2D eigenvalue weighted by Crippen LogP contribution is -2.61. The zero-order valence-electron chi connectivity index (χ0n) is 41.6. The van der Waals surface area contributed by atoms with E-state index in [9.17, 15) is 34.2 Å². The Labute approximate surface area is 393 Å². The van der Waals surface area contributed by atoms with Crippen LogP contribution in [0.5, 0.6) is 0 Å². The van der Waals surface area contributed by atoms with E-state index < -0.39 is 71.8 Å². The number of hydrogen-bond acceptors (Lipinski definition) is 13. The molecule has 14 nitrogen and oxygen atoms in total. The summed E-state index contributed by atoms with van der Waals surface area (Å²) in [6.45, 7) is 13.0. The molecule has 2 saturated heterocycles. The average molecular weight is 928 g/mol. The van der Waals surface area contributed by atoms with Crippen LogP contribution in [-0.2, 0) is 52.4 Å². The molecule has 2 bridgehead atoms. The summed E-state index contributed by atoms with van der Waals surface area (Å²) in [6, 6.07) is -1.13. The highest BCUT2D eigenvalue weighted by Crippen LogP contribution is 2.38. The lowest BCUT2D eigenvalue weighted by Gasteiger charge is -2.42. The molecule has 3 heterocycles. The number of ether oxygens (including phenoxy) is 6. The van der Waals surface area contributed by atoms with E-state index in [0.29, 0.717) is 49.7 Å². The fraction of sp³-hybridized carbons (Fsp3) is 0.750. The largest absolute Gasteiger partial charge is 0.460 e. The van der Waals surface area contributed by atoms with Gasteiger partial charge in [0.15, 0.2) is 5.78 Å². The Morgan fingerprint density at radius 1 is 0.803 bits per heavy atom. The fourth-order valence-electron chi connectivity index (χ4n) is 10.4. The first kappa shape index (κ1) is 55.2. The molecule has 1 saturated carbocycles. The SMILES string of the molecule is COC1CCC(CC(C)C2CC(=O)C(C)/C=C(\C)C(OC)C(OC)C(=O)[C@H](C)CC(C)/C=C/C=C/C=C(\C)C(O)CC3CC[C@@H](C)C(O)(O3)C(=O)C(=O)N3CCCC[C@H]3C(=O)O2)CC1OC. The third kappa shape index (κ3) is 14.3.